The SMILES string of the molecule is Cc1oc(C(=O)NCC(F)(F)CN)cc1S(=O)(=O)N1CCCC1.Cl. The van der Waals surface area contributed by atoms with Gasteiger partial charge in [-0.2, -0.15) is 4.31 Å². The Labute approximate surface area is 145 Å². The Kier molecular flexibility index (Phi) is 6.74. The Hall–Kier alpha value is -1.23. The zero-order valence-electron chi connectivity index (χ0n) is 13.0. The molecule has 0 radical (unpaired) electrons. The lowest BCUT2D eigenvalue weighted by Gasteiger charge is -2.14. The fourth-order valence-electron chi connectivity index (χ4n) is 2.27. The highest BCUT2D eigenvalue weighted by Gasteiger charge is 2.32. The highest BCUT2D eigenvalue weighted by Crippen LogP contribution is 2.26. The van der Waals surface area contributed by atoms with E-state index in [1.807, 2.05) is 5.32 Å². The van der Waals surface area contributed by atoms with Gasteiger partial charge >= 0.3 is 0 Å². The summed E-state index contributed by atoms with van der Waals surface area (Å²) in [6.45, 7) is 0.387. The van der Waals surface area contributed by atoms with Crippen LogP contribution in [-0.2, 0) is 10.0 Å². The van der Waals surface area contributed by atoms with Crippen LogP contribution in [0.4, 0.5) is 8.78 Å². The number of halogens is 3. The molecule has 1 amide bonds. The molecule has 1 fully saturated rings. The molecule has 0 bridgehead atoms. The second-order valence-corrected chi connectivity index (χ2v) is 7.29. The molecule has 0 atom stereocenters. The molecule has 0 spiro atoms. The number of aryl methyl sites for hydroxylation is 1. The maximum absolute atomic E-state index is 13.0. The molecular weight excluding hydrogens is 368 g/mol. The molecular formula is C13H20ClF2N3O4S. The summed E-state index contributed by atoms with van der Waals surface area (Å²) < 4.78 is 57.4. The molecule has 1 aromatic rings. The fourth-order valence-corrected chi connectivity index (χ4v) is 3.95. The molecule has 1 saturated heterocycles. The van der Waals surface area contributed by atoms with Crippen molar-refractivity contribution in [3.8, 4) is 0 Å². The van der Waals surface area contributed by atoms with Crippen LogP contribution in [0.25, 0.3) is 0 Å². The number of amides is 1. The second kappa shape index (κ2) is 7.77. The quantitative estimate of drug-likeness (QED) is 0.760. The van der Waals surface area contributed by atoms with Gasteiger partial charge in [0.05, 0.1) is 13.1 Å². The number of nitrogens with two attached hydrogens (primary N) is 1. The molecule has 0 unspecified atom stereocenters. The molecule has 7 nitrogen and oxygen atoms in total. The molecule has 0 saturated carbocycles. The van der Waals surface area contributed by atoms with Gasteiger partial charge in [-0.1, -0.05) is 0 Å². The van der Waals surface area contributed by atoms with E-state index >= 15 is 0 Å². The van der Waals surface area contributed by atoms with Crippen molar-refractivity contribution in [3.63, 3.8) is 0 Å². The first-order valence-electron chi connectivity index (χ1n) is 7.14. The maximum Gasteiger partial charge on any atom is 0.287 e. The predicted octanol–water partition coefficient (Wildman–Crippen LogP) is 1.12. The molecule has 1 aromatic heterocycles. The van der Waals surface area contributed by atoms with Gasteiger partial charge < -0.3 is 15.5 Å². The van der Waals surface area contributed by atoms with Crippen LogP contribution in [0.1, 0.15) is 29.2 Å². The van der Waals surface area contributed by atoms with Crippen LogP contribution < -0.4 is 11.1 Å². The summed E-state index contributed by atoms with van der Waals surface area (Å²) in [6, 6.07) is 1.07. The van der Waals surface area contributed by atoms with Crippen molar-refractivity contribution in [3.05, 3.63) is 17.6 Å². The number of sulfonamides is 1. The van der Waals surface area contributed by atoms with E-state index in [0.717, 1.165) is 18.9 Å². The monoisotopic (exact) mass is 387 g/mol. The van der Waals surface area contributed by atoms with E-state index in [0.29, 0.717) is 13.1 Å². The number of nitrogens with zero attached hydrogens (tertiary/aromatic N) is 1. The van der Waals surface area contributed by atoms with Gasteiger partial charge in [0.25, 0.3) is 11.8 Å². The van der Waals surface area contributed by atoms with E-state index < -0.39 is 34.9 Å². The molecule has 1 aliphatic heterocycles. The van der Waals surface area contributed by atoms with E-state index in [1.165, 1.54) is 11.2 Å². The number of furan rings is 1. The minimum atomic E-state index is -3.74. The van der Waals surface area contributed by atoms with Gasteiger partial charge in [0, 0.05) is 19.2 Å². The van der Waals surface area contributed by atoms with Gasteiger partial charge in [-0.05, 0) is 19.8 Å². The van der Waals surface area contributed by atoms with Crippen LogP contribution in [0, 0.1) is 6.92 Å². The highest BCUT2D eigenvalue weighted by molar-refractivity contribution is 7.89. The van der Waals surface area contributed by atoms with Crippen molar-refractivity contribution in [2.75, 3.05) is 26.2 Å². The third-order valence-electron chi connectivity index (χ3n) is 3.59. The van der Waals surface area contributed by atoms with Crippen molar-refractivity contribution in [1.29, 1.82) is 0 Å². The lowest BCUT2D eigenvalue weighted by Crippen LogP contribution is -2.41. The number of carbonyl (C=O) groups excluding carboxylic acids is 1. The van der Waals surface area contributed by atoms with E-state index in [4.69, 9.17) is 10.2 Å². The Morgan fingerprint density at radius 2 is 2.00 bits per heavy atom. The number of hydrogen-bond acceptors (Lipinski definition) is 5. The van der Waals surface area contributed by atoms with Gasteiger partial charge in [-0.3, -0.25) is 4.79 Å². The molecule has 2 rings (SSSR count). The molecule has 0 aromatic carbocycles. The van der Waals surface area contributed by atoms with E-state index in [1.54, 1.807) is 0 Å². The summed E-state index contributed by atoms with van der Waals surface area (Å²) in [5.41, 5.74) is 4.88. The van der Waals surface area contributed by atoms with Crippen LogP contribution in [0.3, 0.4) is 0 Å². The van der Waals surface area contributed by atoms with Gasteiger partial charge in [0.2, 0.25) is 10.0 Å². The molecule has 11 heteroatoms. The van der Waals surface area contributed by atoms with Crippen molar-refractivity contribution in [2.45, 2.75) is 30.6 Å². The van der Waals surface area contributed by atoms with Gasteiger partial charge in [0.1, 0.15) is 10.7 Å². The minimum Gasteiger partial charge on any atom is -0.455 e. The predicted molar refractivity (Wildman–Crippen MR) is 85.0 cm³/mol. The number of hydrogen-bond donors (Lipinski definition) is 2. The first kappa shape index (κ1) is 20.8. The van der Waals surface area contributed by atoms with Gasteiger partial charge in [-0.15, -0.1) is 12.4 Å². The first-order chi connectivity index (χ1) is 10.7. The third kappa shape index (κ3) is 4.44. The summed E-state index contributed by atoms with van der Waals surface area (Å²) in [4.78, 5) is 11.7. The van der Waals surface area contributed by atoms with Crippen molar-refractivity contribution < 1.29 is 26.4 Å². The third-order valence-corrected chi connectivity index (χ3v) is 5.59. The van der Waals surface area contributed by atoms with Crippen molar-refractivity contribution in [2.24, 2.45) is 5.73 Å². The van der Waals surface area contributed by atoms with Crippen LogP contribution >= 0.6 is 12.4 Å². The molecule has 138 valence electrons. The number of rotatable bonds is 6. The number of alkyl halides is 2. The van der Waals surface area contributed by atoms with E-state index in [-0.39, 0.29) is 28.8 Å². The van der Waals surface area contributed by atoms with E-state index in [9.17, 15) is 22.0 Å². The fraction of sp³-hybridized carbons (Fsp3) is 0.615. The molecule has 2 heterocycles. The molecule has 24 heavy (non-hydrogen) atoms. The van der Waals surface area contributed by atoms with Gasteiger partial charge in [-0.25, -0.2) is 17.2 Å². The number of nitrogens with one attached hydrogen (secondary N) is 1. The maximum atomic E-state index is 13.0. The zero-order valence-corrected chi connectivity index (χ0v) is 14.7. The Morgan fingerprint density at radius 1 is 1.42 bits per heavy atom. The van der Waals surface area contributed by atoms with Crippen molar-refractivity contribution >= 4 is 28.3 Å². The second-order valence-electron chi connectivity index (χ2n) is 5.39. The summed E-state index contributed by atoms with van der Waals surface area (Å²) in [5, 5.41) is 1.98. The summed E-state index contributed by atoms with van der Waals surface area (Å²) in [7, 11) is -3.74. The Bertz CT molecular complexity index is 687. The average molecular weight is 388 g/mol. The molecule has 3 N–H and O–H groups in total. The summed E-state index contributed by atoms with van der Waals surface area (Å²) in [6.07, 6.45) is 1.55. The van der Waals surface area contributed by atoms with Crippen LogP contribution in [0.15, 0.2) is 15.4 Å². The lowest BCUT2D eigenvalue weighted by atomic mass is 10.3. The minimum absolute atomic E-state index is 0. The van der Waals surface area contributed by atoms with Crippen LogP contribution in [-0.4, -0.2) is 50.7 Å². The van der Waals surface area contributed by atoms with Crippen LogP contribution in [0.2, 0.25) is 0 Å². The molecule has 0 aliphatic carbocycles. The highest BCUT2D eigenvalue weighted by atomic mass is 35.5. The van der Waals surface area contributed by atoms with Gasteiger partial charge in [0.15, 0.2) is 5.76 Å². The number of carbonyl (C=O) groups is 1. The normalized spacial score (nSPS) is 16.0. The smallest absolute Gasteiger partial charge is 0.287 e. The first-order valence-corrected chi connectivity index (χ1v) is 8.58. The van der Waals surface area contributed by atoms with Crippen LogP contribution in [0.5, 0.6) is 0 Å². The summed E-state index contributed by atoms with van der Waals surface area (Å²) in [5.74, 6) is -4.42. The molecule has 1 aliphatic rings. The zero-order chi connectivity index (χ0) is 17.3. The Balaban J connectivity index is 0.00000288. The standard InChI is InChI=1S/C13H19F2N3O4S.ClH/c1-9-11(23(20,21)18-4-2-3-5-18)6-10(22-9)12(19)17-8-13(14,15)7-16;/h6H,2-5,7-8,16H2,1H3,(H,17,19);1H. The largest absolute Gasteiger partial charge is 0.455 e. The average Bonchev–Trinajstić information content (AvgIpc) is 3.14. The lowest BCUT2D eigenvalue weighted by molar-refractivity contribution is 0.0115. The topological polar surface area (TPSA) is 106 Å². The summed E-state index contributed by atoms with van der Waals surface area (Å²) >= 11 is 0. The van der Waals surface area contributed by atoms with E-state index in [2.05, 4.69) is 0 Å². The Morgan fingerprint density at radius 3 is 2.54 bits per heavy atom. The van der Waals surface area contributed by atoms with Crippen molar-refractivity contribution in [1.82, 2.24) is 9.62 Å².